The Balaban J connectivity index is 1.81. The molecule has 1 saturated heterocycles. The van der Waals surface area contributed by atoms with Crippen molar-refractivity contribution in [2.24, 2.45) is 0 Å². The molecule has 1 aliphatic rings. The summed E-state index contributed by atoms with van der Waals surface area (Å²) >= 11 is 1.30. The number of thiophene rings is 1. The number of rotatable bonds is 3. The van der Waals surface area contributed by atoms with E-state index < -0.39 is 6.04 Å². The van der Waals surface area contributed by atoms with Gasteiger partial charge in [0.15, 0.2) is 0 Å². The van der Waals surface area contributed by atoms with Crippen LogP contribution in [0.25, 0.3) is 10.4 Å². The number of nitrogens with one attached hydrogen (secondary N) is 1. The molecule has 0 bridgehead atoms. The van der Waals surface area contributed by atoms with E-state index in [0.29, 0.717) is 17.8 Å². The van der Waals surface area contributed by atoms with Crippen molar-refractivity contribution >= 4 is 23.2 Å². The highest BCUT2D eigenvalue weighted by atomic mass is 32.1. The Morgan fingerprint density at radius 1 is 1.36 bits per heavy atom. The second-order valence-corrected chi connectivity index (χ2v) is 6.27. The van der Waals surface area contributed by atoms with Crippen molar-refractivity contribution in [3.63, 3.8) is 0 Å². The average Bonchev–Trinajstić information content (AvgIpc) is 3.14. The van der Waals surface area contributed by atoms with E-state index in [1.165, 1.54) is 28.4 Å². The van der Waals surface area contributed by atoms with Gasteiger partial charge in [0.2, 0.25) is 5.91 Å². The Hall–Kier alpha value is -2.21. The van der Waals surface area contributed by atoms with Crippen LogP contribution < -0.4 is 5.32 Å². The molecule has 1 aliphatic heterocycles. The van der Waals surface area contributed by atoms with Gasteiger partial charge >= 0.3 is 0 Å². The highest BCUT2D eigenvalue weighted by molar-refractivity contribution is 7.17. The zero-order valence-electron chi connectivity index (χ0n) is 12.0. The lowest BCUT2D eigenvalue weighted by Crippen LogP contribution is -2.41. The summed E-state index contributed by atoms with van der Waals surface area (Å²) < 4.78 is 13.3. The summed E-state index contributed by atoms with van der Waals surface area (Å²) in [6.07, 6.45) is 0.628. The molecule has 1 N–H and O–H groups in total. The second kappa shape index (κ2) is 5.88. The van der Waals surface area contributed by atoms with Crippen LogP contribution in [0.1, 0.15) is 16.1 Å². The molecule has 1 unspecified atom stereocenters. The van der Waals surface area contributed by atoms with Gasteiger partial charge < -0.3 is 10.2 Å². The van der Waals surface area contributed by atoms with E-state index in [2.05, 4.69) is 5.32 Å². The summed E-state index contributed by atoms with van der Waals surface area (Å²) in [7, 11) is 1.64. The molecule has 2 aromatic rings. The van der Waals surface area contributed by atoms with Crippen molar-refractivity contribution in [3.8, 4) is 10.4 Å². The van der Waals surface area contributed by atoms with Gasteiger partial charge in [0.05, 0.1) is 4.88 Å². The van der Waals surface area contributed by atoms with Gasteiger partial charge in [0.25, 0.3) is 5.91 Å². The van der Waals surface area contributed by atoms with Gasteiger partial charge in [-0.15, -0.1) is 11.3 Å². The SMILES string of the molecule is CN(C(=O)c1ccc(-c2cccc(F)c2)s1)C1CCNC1=O. The largest absolute Gasteiger partial charge is 0.354 e. The first-order valence-electron chi connectivity index (χ1n) is 6.97. The lowest BCUT2D eigenvalue weighted by Gasteiger charge is -2.21. The Morgan fingerprint density at radius 2 is 2.18 bits per heavy atom. The number of amides is 2. The fourth-order valence-corrected chi connectivity index (χ4v) is 3.50. The number of hydrogen-bond donors (Lipinski definition) is 1. The van der Waals surface area contributed by atoms with Crippen molar-refractivity contribution < 1.29 is 14.0 Å². The topological polar surface area (TPSA) is 49.4 Å². The van der Waals surface area contributed by atoms with Crippen LogP contribution in [0.15, 0.2) is 36.4 Å². The molecule has 114 valence electrons. The van der Waals surface area contributed by atoms with E-state index in [1.54, 1.807) is 31.3 Å². The monoisotopic (exact) mass is 318 g/mol. The number of carbonyl (C=O) groups excluding carboxylic acids is 2. The molecule has 0 radical (unpaired) electrons. The van der Waals surface area contributed by atoms with Crippen molar-refractivity contribution in [3.05, 3.63) is 47.1 Å². The maximum Gasteiger partial charge on any atom is 0.264 e. The molecule has 2 heterocycles. The molecule has 1 fully saturated rings. The molecule has 0 saturated carbocycles. The third-order valence-electron chi connectivity index (χ3n) is 3.73. The van der Waals surface area contributed by atoms with Crippen LogP contribution in [0.5, 0.6) is 0 Å². The summed E-state index contributed by atoms with van der Waals surface area (Å²) in [5, 5.41) is 2.72. The third-order valence-corrected chi connectivity index (χ3v) is 4.86. The molecule has 1 aromatic heterocycles. The summed E-state index contributed by atoms with van der Waals surface area (Å²) in [6, 6.07) is 9.38. The number of nitrogens with zero attached hydrogens (tertiary/aromatic N) is 1. The van der Waals surface area contributed by atoms with Crippen LogP contribution in [-0.2, 0) is 4.79 Å². The molecule has 4 nitrogen and oxygen atoms in total. The fourth-order valence-electron chi connectivity index (χ4n) is 2.52. The van der Waals surface area contributed by atoms with Gasteiger partial charge in [-0.2, -0.15) is 0 Å². The molecule has 6 heteroatoms. The van der Waals surface area contributed by atoms with E-state index in [1.807, 2.05) is 0 Å². The predicted octanol–water partition coefficient (Wildman–Crippen LogP) is 2.51. The van der Waals surface area contributed by atoms with Gasteiger partial charge in [0, 0.05) is 18.5 Å². The molecule has 3 rings (SSSR count). The van der Waals surface area contributed by atoms with Gasteiger partial charge in [-0.25, -0.2) is 4.39 Å². The highest BCUT2D eigenvalue weighted by Crippen LogP contribution is 2.29. The van der Waals surface area contributed by atoms with E-state index in [-0.39, 0.29) is 17.6 Å². The fraction of sp³-hybridized carbons (Fsp3) is 0.250. The third kappa shape index (κ3) is 2.74. The number of benzene rings is 1. The van der Waals surface area contributed by atoms with Gasteiger partial charge in [-0.1, -0.05) is 12.1 Å². The van der Waals surface area contributed by atoms with Crippen molar-refractivity contribution in [1.82, 2.24) is 10.2 Å². The van der Waals surface area contributed by atoms with E-state index in [4.69, 9.17) is 0 Å². The van der Waals surface area contributed by atoms with Crippen LogP contribution in [0.2, 0.25) is 0 Å². The Morgan fingerprint density at radius 3 is 2.86 bits per heavy atom. The Bertz CT molecular complexity index is 728. The molecule has 0 aliphatic carbocycles. The molecule has 1 aromatic carbocycles. The molecular weight excluding hydrogens is 303 g/mol. The number of likely N-dealkylation sites (N-methyl/N-ethyl adjacent to an activating group) is 1. The zero-order chi connectivity index (χ0) is 15.7. The standard InChI is InChI=1S/C16H15FN2O2S/c1-19(12-7-8-18-15(12)20)16(21)14-6-5-13(22-14)10-3-2-4-11(17)9-10/h2-6,9,12H,7-8H2,1H3,(H,18,20). The smallest absolute Gasteiger partial charge is 0.264 e. The number of halogens is 1. The lowest BCUT2D eigenvalue weighted by atomic mass is 10.2. The summed E-state index contributed by atoms with van der Waals surface area (Å²) in [5.74, 6) is -0.606. The highest BCUT2D eigenvalue weighted by Gasteiger charge is 2.31. The van der Waals surface area contributed by atoms with Crippen LogP contribution in [-0.4, -0.2) is 36.3 Å². The van der Waals surface area contributed by atoms with Crippen molar-refractivity contribution in [1.29, 1.82) is 0 Å². The first-order chi connectivity index (χ1) is 10.6. The lowest BCUT2D eigenvalue weighted by molar-refractivity contribution is -0.122. The molecule has 2 amide bonds. The molecule has 0 spiro atoms. The molecular formula is C16H15FN2O2S. The summed E-state index contributed by atoms with van der Waals surface area (Å²) in [6.45, 7) is 0.597. The molecule has 1 atom stereocenters. The maximum atomic E-state index is 13.3. The maximum absolute atomic E-state index is 13.3. The summed E-state index contributed by atoms with van der Waals surface area (Å²) in [4.78, 5) is 27.0. The molecule has 22 heavy (non-hydrogen) atoms. The number of carbonyl (C=O) groups is 2. The normalized spacial score (nSPS) is 17.4. The van der Waals surface area contributed by atoms with Crippen molar-refractivity contribution in [2.45, 2.75) is 12.5 Å². The van der Waals surface area contributed by atoms with Gasteiger partial charge in [-0.3, -0.25) is 9.59 Å². The van der Waals surface area contributed by atoms with Crippen LogP contribution in [0.4, 0.5) is 4.39 Å². The van der Waals surface area contributed by atoms with Gasteiger partial charge in [-0.05, 0) is 36.2 Å². The minimum absolute atomic E-state index is 0.113. The van der Waals surface area contributed by atoms with Crippen LogP contribution in [0, 0.1) is 5.82 Å². The Labute approximate surface area is 131 Å². The van der Waals surface area contributed by atoms with Crippen molar-refractivity contribution in [2.75, 3.05) is 13.6 Å². The quantitative estimate of drug-likeness (QED) is 0.945. The zero-order valence-corrected chi connectivity index (χ0v) is 12.8. The van der Waals surface area contributed by atoms with E-state index in [9.17, 15) is 14.0 Å². The minimum atomic E-state index is -0.410. The first-order valence-corrected chi connectivity index (χ1v) is 7.78. The average molecular weight is 318 g/mol. The van der Waals surface area contributed by atoms with Crippen LogP contribution >= 0.6 is 11.3 Å². The first kappa shape index (κ1) is 14.7. The Kier molecular flexibility index (Phi) is 3.94. The van der Waals surface area contributed by atoms with E-state index >= 15 is 0 Å². The van der Waals surface area contributed by atoms with Crippen LogP contribution in [0.3, 0.4) is 0 Å². The number of hydrogen-bond acceptors (Lipinski definition) is 3. The van der Waals surface area contributed by atoms with E-state index in [0.717, 1.165) is 10.4 Å². The minimum Gasteiger partial charge on any atom is -0.354 e. The summed E-state index contributed by atoms with van der Waals surface area (Å²) in [5.41, 5.74) is 0.741. The predicted molar refractivity (Wildman–Crippen MR) is 83.2 cm³/mol. The van der Waals surface area contributed by atoms with Gasteiger partial charge in [0.1, 0.15) is 11.9 Å². The second-order valence-electron chi connectivity index (χ2n) is 5.19.